The average Bonchev–Trinajstić information content (AvgIpc) is 2.83. The topological polar surface area (TPSA) is 3.24 Å². The second kappa shape index (κ2) is 4.22. The third-order valence-corrected chi connectivity index (χ3v) is 3.92. The first kappa shape index (κ1) is 10.4. The van der Waals surface area contributed by atoms with Gasteiger partial charge in [-0.2, -0.15) is 0 Å². The van der Waals surface area contributed by atoms with Gasteiger partial charge in [0.25, 0.3) is 0 Å². The van der Waals surface area contributed by atoms with Crippen LogP contribution in [0.2, 0.25) is 0 Å². The minimum Gasteiger partial charge on any atom is -0.343 e. The molecule has 0 bridgehead atoms. The number of thiophene rings is 1. The average molecular weight is 239 g/mol. The van der Waals surface area contributed by atoms with E-state index in [-0.39, 0.29) is 0 Å². The van der Waals surface area contributed by atoms with Gasteiger partial charge in [-0.05, 0) is 18.2 Å². The number of para-hydroxylation sites is 1. The molecule has 0 radical (unpaired) electrons. The van der Waals surface area contributed by atoms with Crippen molar-refractivity contribution in [1.82, 2.24) is 0 Å². The Labute approximate surface area is 105 Å². The fourth-order valence-corrected chi connectivity index (χ4v) is 2.99. The van der Waals surface area contributed by atoms with E-state index >= 15 is 0 Å². The summed E-state index contributed by atoms with van der Waals surface area (Å²) in [7, 11) is 2.11. The van der Waals surface area contributed by atoms with Gasteiger partial charge >= 0.3 is 0 Å². The van der Waals surface area contributed by atoms with Crippen LogP contribution in [-0.4, -0.2) is 7.05 Å². The van der Waals surface area contributed by atoms with E-state index in [2.05, 4.69) is 65.9 Å². The van der Waals surface area contributed by atoms with Crippen molar-refractivity contribution in [3.05, 3.63) is 60.0 Å². The lowest BCUT2D eigenvalue weighted by atomic mass is 10.2. The van der Waals surface area contributed by atoms with E-state index in [1.165, 1.54) is 21.5 Å². The first-order chi connectivity index (χ1) is 8.36. The molecule has 1 aromatic heterocycles. The van der Waals surface area contributed by atoms with Crippen LogP contribution in [0.1, 0.15) is 0 Å². The Hall–Kier alpha value is -1.80. The summed E-state index contributed by atoms with van der Waals surface area (Å²) in [6, 6.07) is 19.0. The van der Waals surface area contributed by atoms with Crippen LogP contribution in [0.25, 0.3) is 10.1 Å². The fourth-order valence-electron chi connectivity index (χ4n) is 2.01. The maximum absolute atomic E-state index is 2.23. The molecule has 1 heterocycles. The lowest BCUT2D eigenvalue weighted by molar-refractivity contribution is 1.23. The van der Waals surface area contributed by atoms with Crippen LogP contribution in [0.3, 0.4) is 0 Å². The number of anilines is 2. The molecular weight excluding hydrogens is 226 g/mol. The summed E-state index contributed by atoms with van der Waals surface area (Å²) in [6.07, 6.45) is 0. The van der Waals surface area contributed by atoms with E-state index in [0.717, 1.165) is 0 Å². The summed E-state index contributed by atoms with van der Waals surface area (Å²) in [5.41, 5.74) is 2.49. The molecule has 0 aliphatic rings. The van der Waals surface area contributed by atoms with Crippen molar-refractivity contribution in [3.8, 4) is 0 Å². The number of hydrogen-bond donors (Lipinski definition) is 0. The van der Waals surface area contributed by atoms with Crippen LogP contribution in [-0.2, 0) is 0 Å². The van der Waals surface area contributed by atoms with Gasteiger partial charge in [0, 0.05) is 28.2 Å². The Morgan fingerprint density at radius 1 is 0.882 bits per heavy atom. The van der Waals surface area contributed by atoms with E-state index in [1.54, 1.807) is 11.3 Å². The highest BCUT2D eigenvalue weighted by Crippen LogP contribution is 2.35. The van der Waals surface area contributed by atoms with Crippen molar-refractivity contribution < 1.29 is 0 Å². The van der Waals surface area contributed by atoms with Crippen molar-refractivity contribution in [2.75, 3.05) is 11.9 Å². The van der Waals surface area contributed by atoms with Gasteiger partial charge in [-0.25, -0.2) is 0 Å². The first-order valence-corrected chi connectivity index (χ1v) is 6.49. The molecule has 0 unspecified atom stereocenters. The molecule has 2 heteroatoms. The largest absolute Gasteiger partial charge is 0.343 e. The molecule has 0 saturated heterocycles. The first-order valence-electron chi connectivity index (χ1n) is 5.61. The normalized spacial score (nSPS) is 10.6. The monoisotopic (exact) mass is 239 g/mol. The molecular formula is C15H13NS. The van der Waals surface area contributed by atoms with E-state index in [9.17, 15) is 0 Å². The van der Waals surface area contributed by atoms with E-state index < -0.39 is 0 Å². The molecule has 0 N–H and O–H groups in total. The zero-order valence-corrected chi connectivity index (χ0v) is 10.4. The Morgan fingerprint density at radius 3 is 2.41 bits per heavy atom. The lowest BCUT2D eigenvalue weighted by Crippen LogP contribution is -2.08. The van der Waals surface area contributed by atoms with Crippen molar-refractivity contribution in [3.63, 3.8) is 0 Å². The highest BCUT2D eigenvalue weighted by molar-refractivity contribution is 7.17. The van der Waals surface area contributed by atoms with E-state index in [4.69, 9.17) is 0 Å². The predicted octanol–water partition coefficient (Wildman–Crippen LogP) is 4.67. The van der Waals surface area contributed by atoms with Crippen molar-refractivity contribution in [2.24, 2.45) is 0 Å². The van der Waals surface area contributed by atoms with Crippen LogP contribution >= 0.6 is 11.3 Å². The molecule has 1 nitrogen and oxygen atoms in total. The number of fused-ring (bicyclic) bond motifs is 1. The molecule has 0 saturated carbocycles. The standard InChI is InChI=1S/C15H13NS/c1-16(12-7-3-2-4-8-12)14-11-17-15-10-6-5-9-13(14)15/h2-11H,1H3. The minimum atomic E-state index is 1.22. The molecule has 3 rings (SSSR count). The van der Waals surface area contributed by atoms with Crippen LogP contribution in [0.15, 0.2) is 60.0 Å². The molecule has 0 fully saturated rings. The summed E-state index contributed by atoms with van der Waals surface area (Å²) in [5, 5.41) is 3.54. The predicted molar refractivity (Wildman–Crippen MR) is 76.3 cm³/mol. The summed E-state index contributed by atoms with van der Waals surface area (Å²) >= 11 is 1.80. The number of hydrogen-bond acceptors (Lipinski definition) is 2. The molecule has 0 atom stereocenters. The van der Waals surface area contributed by atoms with Crippen molar-refractivity contribution in [1.29, 1.82) is 0 Å². The smallest absolute Gasteiger partial charge is 0.0596 e. The maximum Gasteiger partial charge on any atom is 0.0596 e. The molecule has 0 spiro atoms. The van der Waals surface area contributed by atoms with Crippen molar-refractivity contribution in [2.45, 2.75) is 0 Å². The molecule has 17 heavy (non-hydrogen) atoms. The second-order valence-corrected chi connectivity index (χ2v) is 4.92. The molecule has 0 amide bonds. The third-order valence-electron chi connectivity index (χ3n) is 2.97. The highest BCUT2D eigenvalue weighted by atomic mass is 32.1. The second-order valence-electron chi connectivity index (χ2n) is 4.01. The zero-order valence-electron chi connectivity index (χ0n) is 9.63. The summed E-state index contributed by atoms with van der Waals surface area (Å²) in [4.78, 5) is 2.23. The Bertz CT molecular complexity index is 627. The highest BCUT2D eigenvalue weighted by Gasteiger charge is 2.08. The van der Waals surface area contributed by atoms with Crippen molar-refractivity contribution >= 4 is 32.8 Å². The van der Waals surface area contributed by atoms with Gasteiger partial charge < -0.3 is 4.90 Å². The number of nitrogens with zero attached hydrogens (tertiary/aromatic N) is 1. The van der Waals surface area contributed by atoms with Gasteiger partial charge in [0.05, 0.1) is 5.69 Å². The molecule has 84 valence electrons. The van der Waals surface area contributed by atoms with Gasteiger partial charge in [0.2, 0.25) is 0 Å². The van der Waals surface area contributed by atoms with Gasteiger partial charge in [0.1, 0.15) is 0 Å². The molecule has 2 aromatic carbocycles. The summed E-state index contributed by atoms with van der Waals surface area (Å²) in [5.74, 6) is 0. The van der Waals surface area contributed by atoms with E-state index in [0.29, 0.717) is 0 Å². The Balaban J connectivity index is 2.10. The fraction of sp³-hybridized carbons (Fsp3) is 0.0667. The lowest BCUT2D eigenvalue weighted by Gasteiger charge is -2.18. The Kier molecular flexibility index (Phi) is 2.57. The SMILES string of the molecule is CN(c1ccccc1)c1csc2ccccc12. The zero-order chi connectivity index (χ0) is 11.7. The number of rotatable bonds is 2. The van der Waals surface area contributed by atoms with Gasteiger partial charge in [-0.15, -0.1) is 11.3 Å². The Morgan fingerprint density at radius 2 is 1.59 bits per heavy atom. The van der Waals surface area contributed by atoms with Gasteiger partial charge in [-0.1, -0.05) is 36.4 Å². The third kappa shape index (κ3) is 1.81. The molecule has 3 aromatic rings. The number of benzene rings is 2. The molecule has 0 aliphatic carbocycles. The van der Waals surface area contributed by atoms with Crippen LogP contribution < -0.4 is 4.90 Å². The maximum atomic E-state index is 2.23. The van der Waals surface area contributed by atoms with Gasteiger partial charge in [-0.3, -0.25) is 0 Å². The van der Waals surface area contributed by atoms with E-state index in [1.807, 2.05) is 6.07 Å². The summed E-state index contributed by atoms with van der Waals surface area (Å²) in [6.45, 7) is 0. The quantitative estimate of drug-likeness (QED) is 0.628. The molecule has 0 aliphatic heterocycles. The minimum absolute atomic E-state index is 1.22. The van der Waals surface area contributed by atoms with Crippen LogP contribution in [0, 0.1) is 0 Å². The van der Waals surface area contributed by atoms with Crippen LogP contribution in [0.4, 0.5) is 11.4 Å². The summed E-state index contributed by atoms with van der Waals surface area (Å²) < 4.78 is 1.34. The van der Waals surface area contributed by atoms with Crippen LogP contribution in [0.5, 0.6) is 0 Å². The van der Waals surface area contributed by atoms with Gasteiger partial charge in [0.15, 0.2) is 0 Å².